The number of rotatable bonds is 8. The van der Waals surface area contributed by atoms with E-state index in [1.54, 1.807) is 30.3 Å². The normalized spacial score (nSPS) is 15.1. The van der Waals surface area contributed by atoms with Crippen molar-refractivity contribution in [3.63, 3.8) is 0 Å². The van der Waals surface area contributed by atoms with Gasteiger partial charge in [-0.1, -0.05) is 12.1 Å². The zero-order valence-electron chi connectivity index (χ0n) is 19.8. The monoisotopic (exact) mass is 615 g/mol. The lowest BCUT2D eigenvalue weighted by atomic mass is 10.1. The predicted octanol–water partition coefficient (Wildman–Crippen LogP) is 4.23. The third kappa shape index (κ3) is 5.88. The number of phenolic OH excluding ortho intramolecular Hbond substituents is 1. The van der Waals surface area contributed by atoms with Gasteiger partial charge >= 0.3 is 0 Å². The van der Waals surface area contributed by atoms with E-state index in [0.29, 0.717) is 63.6 Å². The fourth-order valence-electron chi connectivity index (χ4n) is 3.96. The molecule has 4 N–H and O–H groups in total. The fraction of sp³-hybridized carbons (Fsp3) is 0.227. The maximum atomic E-state index is 12.1. The van der Waals surface area contributed by atoms with Gasteiger partial charge in [0.2, 0.25) is 10.0 Å². The van der Waals surface area contributed by atoms with Crippen LogP contribution in [0.25, 0.3) is 21.7 Å². The number of morpholine rings is 1. The van der Waals surface area contributed by atoms with E-state index in [-0.39, 0.29) is 16.3 Å². The first kappa shape index (κ1) is 27.1. The van der Waals surface area contributed by atoms with E-state index in [9.17, 15) is 21.9 Å². The Morgan fingerprint density at radius 3 is 2.53 bits per heavy atom. The number of aromatic hydroxyl groups is 1. The molecule has 202 valence electrons. The molecule has 1 aromatic heterocycles. The second kappa shape index (κ2) is 10.6. The average Bonchev–Trinajstić information content (AvgIpc) is 3.26. The highest BCUT2D eigenvalue weighted by Crippen LogP contribution is 2.44. The van der Waals surface area contributed by atoms with Crippen molar-refractivity contribution in [1.82, 2.24) is 8.68 Å². The molecule has 38 heavy (non-hydrogen) atoms. The molecule has 0 atom stereocenters. The Morgan fingerprint density at radius 1 is 1.05 bits per heavy atom. The average molecular weight is 616 g/mol. The molecule has 0 saturated carbocycles. The SMILES string of the molecule is CS(=O)(=O)Nc1cccc2c(O)c(SN3CCOCC3)cc(NNc3snc4ccc(S(=O)(=O)Cl)cc34)c12. The molecule has 0 amide bonds. The van der Waals surface area contributed by atoms with Crippen LogP contribution in [0.1, 0.15) is 0 Å². The van der Waals surface area contributed by atoms with Gasteiger partial charge in [-0.15, -0.1) is 0 Å². The Kier molecular flexibility index (Phi) is 7.52. The fourth-order valence-corrected chi connectivity index (χ4v) is 6.99. The molecule has 0 spiro atoms. The second-order valence-corrected chi connectivity index (χ2v) is 14.6. The molecule has 16 heteroatoms. The van der Waals surface area contributed by atoms with Crippen molar-refractivity contribution in [1.29, 1.82) is 0 Å². The van der Waals surface area contributed by atoms with E-state index < -0.39 is 19.1 Å². The van der Waals surface area contributed by atoms with Crippen molar-refractivity contribution in [2.24, 2.45) is 0 Å². The van der Waals surface area contributed by atoms with Gasteiger partial charge in [-0.25, -0.2) is 21.1 Å². The van der Waals surface area contributed by atoms with Crippen LogP contribution in [0.5, 0.6) is 5.75 Å². The minimum absolute atomic E-state index is 0.0133. The van der Waals surface area contributed by atoms with Gasteiger partial charge in [0.15, 0.2) is 0 Å². The highest BCUT2D eigenvalue weighted by Gasteiger charge is 2.21. The number of phenols is 1. The van der Waals surface area contributed by atoms with Crippen LogP contribution >= 0.6 is 34.2 Å². The van der Waals surface area contributed by atoms with E-state index in [2.05, 4.69) is 24.3 Å². The van der Waals surface area contributed by atoms with Crippen molar-refractivity contribution >= 4 is 91.3 Å². The van der Waals surface area contributed by atoms with Crippen LogP contribution in [0.2, 0.25) is 0 Å². The van der Waals surface area contributed by atoms with Crippen molar-refractivity contribution in [2.75, 3.05) is 48.1 Å². The molecule has 5 rings (SSSR count). The molecule has 1 saturated heterocycles. The molecule has 0 radical (unpaired) electrons. The number of aromatic nitrogens is 1. The molecule has 1 aliphatic heterocycles. The molecular formula is C22H22ClN5O6S4. The summed E-state index contributed by atoms with van der Waals surface area (Å²) in [7, 11) is -2.04. The summed E-state index contributed by atoms with van der Waals surface area (Å²) in [6.45, 7) is 2.51. The third-order valence-electron chi connectivity index (χ3n) is 5.63. The highest BCUT2D eigenvalue weighted by molar-refractivity contribution is 8.13. The Hall–Kier alpha value is -2.53. The Bertz CT molecular complexity index is 1740. The number of fused-ring (bicyclic) bond motifs is 2. The quantitative estimate of drug-likeness (QED) is 0.0975. The Balaban J connectivity index is 1.58. The summed E-state index contributed by atoms with van der Waals surface area (Å²) >= 11 is 2.48. The van der Waals surface area contributed by atoms with E-state index in [4.69, 9.17) is 15.4 Å². The molecular weight excluding hydrogens is 594 g/mol. The number of halogens is 1. The van der Waals surface area contributed by atoms with E-state index in [1.807, 2.05) is 0 Å². The van der Waals surface area contributed by atoms with Crippen LogP contribution in [0.15, 0.2) is 52.3 Å². The van der Waals surface area contributed by atoms with Crippen LogP contribution in [0.4, 0.5) is 16.4 Å². The van der Waals surface area contributed by atoms with Gasteiger partial charge in [0, 0.05) is 39.9 Å². The molecule has 0 aliphatic carbocycles. The summed E-state index contributed by atoms with van der Waals surface area (Å²) in [6, 6.07) is 11.0. The van der Waals surface area contributed by atoms with E-state index in [1.165, 1.54) is 24.1 Å². The standard InChI is InChI=1S/C22H22ClN5O6S4/c1-37(30,31)27-17-4-2-3-14-20(17)18(12-19(21(14)29)36-28-7-9-34-10-8-28)24-25-22-15-11-13(38(23,32)33)5-6-16(15)26-35-22/h2-6,11-12,24-25,27,29H,7-10H2,1H3. The van der Waals surface area contributed by atoms with Gasteiger partial charge < -0.3 is 9.84 Å². The molecule has 4 aromatic rings. The predicted molar refractivity (Wildman–Crippen MR) is 152 cm³/mol. The van der Waals surface area contributed by atoms with Crippen molar-refractivity contribution in [2.45, 2.75) is 9.79 Å². The number of hydrazine groups is 1. The van der Waals surface area contributed by atoms with Gasteiger partial charge in [0.1, 0.15) is 10.8 Å². The van der Waals surface area contributed by atoms with Crippen LogP contribution < -0.4 is 15.6 Å². The van der Waals surface area contributed by atoms with Crippen molar-refractivity contribution < 1.29 is 26.7 Å². The number of sulfonamides is 1. The lowest BCUT2D eigenvalue weighted by Gasteiger charge is -2.26. The minimum atomic E-state index is -3.94. The number of hydrogen-bond acceptors (Lipinski definition) is 12. The Labute approximate surface area is 231 Å². The number of benzene rings is 3. The molecule has 3 aromatic carbocycles. The van der Waals surface area contributed by atoms with Gasteiger partial charge in [-0.3, -0.25) is 15.6 Å². The van der Waals surface area contributed by atoms with E-state index in [0.717, 1.165) is 17.8 Å². The summed E-state index contributed by atoms with van der Waals surface area (Å²) in [4.78, 5) is 0.499. The summed E-state index contributed by atoms with van der Waals surface area (Å²) in [5.41, 5.74) is 7.49. The third-order valence-corrected chi connectivity index (χ3v) is 9.50. The van der Waals surface area contributed by atoms with Crippen molar-refractivity contribution in [3.05, 3.63) is 42.5 Å². The van der Waals surface area contributed by atoms with Crippen LogP contribution in [0.3, 0.4) is 0 Å². The lowest BCUT2D eigenvalue weighted by molar-refractivity contribution is 0.0773. The van der Waals surface area contributed by atoms with E-state index >= 15 is 0 Å². The topological polar surface area (TPSA) is 150 Å². The summed E-state index contributed by atoms with van der Waals surface area (Å²) < 4.78 is 62.2. The summed E-state index contributed by atoms with van der Waals surface area (Å²) in [5.74, 6) is 0.0133. The number of hydrogen-bond donors (Lipinski definition) is 4. The molecule has 2 heterocycles. The largest absolute Gasteiger partial charge is 0.506 e. The first-order chi connectivity index (χ1) is 18.0. The smallest absolute Gasteiger partial charge is 0.261 e. The molecule has 1 aliphatic rings. The van der Waals surface area contributed by atoms with Crippen LogP contribution in [0, 0.1) is 0 Å². The molecule has 11 nitrogen and oxygen atoms in total. The van der Waals surface area contributed by atoms with Crippen molar-refractivity contribution in [3.8, 4) is 5.75 Å². The lowest BCUT2D eigenvalue weighted by Crippen LogP contribution is -2.30. The van der Waals surface area contributed by atoms with Crippen LogP contribution in [-0.4, -0.2) is 63.2 Å². The second-order valence-electron chi connectivity index (χ2n) is 8.38. The highest BCUT2D eigenvalue weighted by atomic mass is 35.7. The zero-order chi connectivity index (χ0) is 27.1. The maximum Gasteiger partial charge on any atom is 0.261 e. The Morgan fingerprint density at radius 2 is 1.82 bits per heavy atom. The number of ether oxygens (including phenoxy) is 1. The zero-order valence-corrected chi connectivity index (χ0v) is 23.8. The molecule has 0 bridgehead atoms. The molecule has 1 fully saturated rings. The number of anilines is 3. The van der Waals surface area contributed by atoms with Crippen LogP contribution in [-0.2, 0) is 23.8 Å². The minimum Gasteiger partial charge on any atom is -0.506 e. The first-order valence-electron chi connectivity index (χ1n) is 11.1. The summed E-state index contributed by atoms with van der Waals surface area (Å²) in [6.07, 6.45) is 1.05. The maximum absolute atomic E-state index is 12.1. The number of nitrogens with zero attached hydrogens (tertiary/aromatic N) is 2. The van der Waals surface area contributed by atoms with Gasteiger partial charge in [0.25, 0.3) is 9.05 Å². The van der Waals surface area contributed by atoms with Gasteiger partial charge in [-0.2, -0.15) is 4.37 Å². The van der Waals surface area contributed by atoms with Gasteiger partial charge in [-0.05, 0) is 53.8 Å². The summed E-state index contributed by atoms with van der Waals surface area (Å²) in [5, 5.41) is 13.1. The first-order valence-corrected chi connectivity index (χ1v) is 16.9. The molecule has 0 unspecified atom stereocenters. The number of nitrogens with one attached hydrogen (secondary N) is 3. The van der Waals surface area contributed by atoms with Gasteiger partial charge in [0.05, 0.1) is 46.2 Å².